The number of nitro groups is 1. The Morgan fingerprint density at radius 3 is 2.00 bits per heavy atom. The van der Waals surface area contributed by atoms with Crippen LogP contribution in [0.25, 0.3) is 0 Å². The van der Waals surface area contributed by atoms with E-state index < -0.39 is 64.0 Å². The molecule has 0 radical (unpaired) electrons. The third kappa shape index (κ3) is 6.13. The molecule has 2 aromatic rings. The van der Waals surface area contributed by atoms with Crippen LogP contribution < -0.4 is 5.32 Å². The number of ether oxygens (including phenoxy) is 1. The van der Waals surface area contributed by atoms with Crippen LogP contribution in [0.2, 0.25) is 0 Å². The van der Waals surface area contributed by atoms with Gasteiger partial charge in [0.1, 0.15) is 0 Å². The number of carbonyl (C=O) groups is 2. The van der Waals surface area contributed by atoms with Crippen molar-refractivity contribution in [1.82, 2.24) is 0 Å². The maximum Gasteiger partial charge on any atom is 0.416 e. The van der Waals surface area contributed by atoms with E-state index in [0.717, 1.165) is 6.07 Å². The van der Waals surface area contributed by atoms with Crippen LogP contribution in [0.4, 0.5) is 42.1 Å². The van der Waals surface area contributed by atoms with Crippen LogP contribution in [0.15, 0.2) is 36.4 Å². The van der Waals surface area contributed by atoms with E-state index in [1.165, 1.54) is 0 Å². The normalized spacial score (nSPS) is 11.7. The first-order chi connectivity index (χ1) is 14.2. The lowest BCUT2D eigenvalue weighted by Gasteiger charge is -2.14. The molecule has 0 saturated heterocycles. The van der Waals surface area contributed by atoms with Crippen molar-refractivity contribution in [2.75, 3.05) is 11.9 Å². The second-order valence-corrected chi connectivity index (χ2v) is 5.84. The minimum absolute atomic E-state index is 0.124. The smallest absolute Gasteiger partial charge is 0.416 e. The van der Waals surface area contributed by atoms with Gasteiger partial charge in [0, 0.05) is 11.8 Å². The molecule has 0 spiro atoms. The van der Waals surface area contributed by atoms with Gasteiger partial charge >= 0.3 is 24.0 Å². The van der Waals surface area contributed by atoms with Crippen LogP contribution >= 0.6 is 0 Å². The van der Waals surface area contributed by atoms with Crippen LogP contribution in [0, 0.1) is 15.9 Å². The van der Waals surface area contributed by atoms with Gasteiger partial charge in [-0.15, -0.1) is 0 Å². The second-order valence-electron chi connectivity index (χ2n) is 5.84. The fraction of sp³-hybridized carbons (Fsp3) is 0.176. The number of nitrogens with one attached hydrogen (secondary N) is 1. The summed E-state index contributed by atoms with van der Waals surface area (Å²) >= 11 is 0. The molecule has 0 unspecified atom stereocenters. The maximum atomic E-state index is 13.2. The van der Waals surface area contributed by atoms with Crippen molar-refractivity contribution in [2.24, 2.45) is 0 Å². The van der Waals surface area contributed by atoms with Crippen molar-refractivity contribution in [3.63, 3.8) is 0 Å². The van der Waals surface area contributed by atoms with Gasteiger partial charge in [0.2, 0.25) is 5.82 Å². The zero-order chi connectivity index (χ0) is 23.6. The highest BCUT2D eigenvalue weighted by atomic mass is 19.4. The molecule has 1 amide bonds. The van der Waals surface area contributed by atoms with E-state index in [9.17, 15) is 50.4 Å². The minimum atomic E-state index is -5.19. The molecule has 2 rings (SSSR count). The van der Waals surface area contributed by atoms with Crippen LogP contribution in [0.1, 0.15) is 21.5 Å². The minimum Gasteiger partial charge on any atom is -0.452 e. The zero-order valence-electron chi connectivity index (χ0n) is 14.8. The number of hydrogen-bond donors (Lipinski definition) is 1. The number of anilines is 1. The number of benzene rings is 2. The quantitative estimate of drug-likeness (QED) is 0.309. The Bertz CT molecular complexity index is 1000. The number of esters is 1. The third-order valence-corrected chi connectivity index (χ3v) is 3.58. The molecule has 1 N–H and O–H groups in total. The molecule has 0 aliphatic rings. The number of nitro benzene ring substituents is 1. The lowest BCUT2D eigenvalue weighted by molar-refractivity contribution is -0.387. The molecule has 0 atom stereocenters. The van der Waals surface area contributed by atoms with Crippen molar-refractivity contribution in [3.8, 4) is 0 Å². The van der Waals surface area contributed by atoms with Gasteiger partial charge in [0.15, 0.2) is 6.61 Å². The van der Waals surface area contributed by atoms with Gasteiger partial charge in [-0.3, -0.25) is 14.9 Å². The van der Waals surface area contributed by atoms with Gasteiger partial charge in [0.05, 0.1) is 21.6 Å². The second kappa shape index (κ2) is 8.57. The Morgan fingerprint density at radius 2 is 1.52 bits per heavy atom. The Hall–Kier alpha value is -3.71. The summed E-state index contributed by atoms with van der Waals surface area (Å²) in [6.45, 7) is -1.15. The van der Waals surface area contributed by atoms with Gasteiger partial charge in [-0.2, -0.15) is 30.7 Å². The predicted molar refractivity (Wildman–Crippen MR) is 88.4 cm³/mol. The number of hydrogen-bond acceptors (Lipinski definition) is 5. The Kier molecular flexibility index (Phi) is 6.52. The van der Waals surface area contributed by atoms with Crippen molar-refractivity contribution >= 4 is 23.3 Å². The standard InChI is InChI=1S/C17H9F7N2O5/c18-12-2-1-11(6-13(12)26(29)30)25-14(27)7-31-15(28)8-3-9(16(19,20)21)5-10(4-8)17(22,23)24/h1-6H,7H2,(H,25,27). The van der Waals surface area contributed by atoms with E-state index in [1.54, 1.807) is 0 Å². The first-order valence-electron chi connectivity index (χ1n) is 7.89. The molecule has 7 nitrogen and oxygen atoms in total. The van der Waals surface area contributed by atoms with E-state index in [4.69, 9.17) is 0 Å². The number of nitrogens with zero attached hydrogens (tertiary/aromatic N) is 1. The van der Waals surface area contributed by atoms with E-state index in [1.807, 2.05) is 5.32 Å². The topological polar surface area (TPSA) is 98.5 Å². The highest BCUT2D eigenvalue weighted by Gasteiger charge is 2.37. The summed E-state index contributed by atoms with van der Waals surface area (Å²) in [6.07, 6.45) is -10.4. The lowest BCUT2D eigenvalue weighted by Crippen LogP contribution is -2.21. The SMILES string of the molecule is O=C(COC(=O)c1cc(C(F)(F)F)cc(C(F)(F)F)c1)Nc1ccc(F)c([N+](=O)[O-])c1. The lowest BCUT2D eigenvalue weighted by atomic mass is 10.0. The fourth-order valence-corrected chi connectivity index (χ4v) is 2.21. The predicted octanol–water partition coefficient (Wildman–Crippen LogP) is 4.57. The zero-order valence-corrected chi connectivity index (χ0v) is 14.8. The molecule has 0 aliphatic heterocycles. The summed E-state index contributed by atoms with van der Waals surface area (Å²) in [5, 5.41) is 12.6. The Balaban J connectivity index is 2.14. The Labute approximate surface area is 167 Å². The molecular formula is C17H9F7N2O5. The van der Waals surface area contributed by atoms with Crippen LogP contribution in [-0.2, 0) is 21.9 Å². The summed E-state index contributed by atoms with van der Waals surface area (Å²) in [6, 6.07) is 2.31. The molecule has 2 aromatic carbocycles. The summed E-state index contributed by atoms with van der Waals surface area (Å²) in [5.41, 5.74) is -5.85. The number of halogens is 7. The summed E-state index contributed by atoms with van der Waals surface area (Å²) in [7, 11) is 0. The number of alkyl halides is 6. The first kappa shape index (κ1) is 23.6. The van der Waals surface area contributed by atoms with Crippen LogP contribution in [-0.4, -0.2) is 23.4 Å². The summed E-state index contributed by atoms with van der Waals surface area (Å²) in [5.74, 6) is -3.99. The van der Waals surface area contributed by atoms with E-state index in [-0.39, 0.29) is 23.9 Å². The molecule has 0 fully saturated rings. The van der Waals surface area contributed by atoms with Gasteiger partial charge in [0.25, 0.3) is 5.91 Å². The highest BCUT2D eigenvalue weighted by Crippen LogP contribution is 2.36. The fourth-order valence-electron chi connectivity index (χ4n) is 2.21. The largest absolute Gasteiger partial charge is 0.452 e. The molecule has 0 saturated carbocycles. The average molecular weight is 454 g/mol. The summed E-state index contributed by atoms with van der Waals surface area (Å²) < 4.78 is 94.5. The molecule has 14 heteroatoms. The van der Waals surface area contributed by atoms with Gasteiger partial charge in [-0.05, 0) is 30.3 Å². The average Bonchev–Trinajstić information content (AvgIpc) is 2.65. The molecular weight excluding hydrogens is 445 g/mol. The van der Waals surface area contributed by atoms with Crippen molar-refractivity contribution in [1.29, 1.82) is 0 Å². The molecule has 0 heterocycles. The van der Waals surface area contributed by atoms with E-state index >= 15 is 0 Å². The monoisotopic (exact) mass is 454 g/mol. The van der Waals surface area contributed by atoms with E-state index in [0.29, 0.717) is 12.1 Å². The van der Waals surface area contributed by atoms with Crippen molar-refractivity contribution < 1.29 is 50.0 Å². The Morgan fingerprint density at radius 1 is 0.968 bits per heavy atom. The van der Waals surface area contributed by atoms with Crippen LogP contribution in [0.5, 0.6) is 0 Å². The molecule has 0 aromatic heterocycles. The van der Waals surface area contributed by atoms with E-state index in [2.05, 4.69) is 4.74 Å². The van der Waals surface area contributed by atoms with Gasteiger partial charge < -0.3 is 10.1 Å². The highest BCUT2D eigenvalue weighted by molar-refractivity contribution is 5.95. The molecule has 0 aliphatic carbocycles. The molecule has 166 valence electrons. The summed E-state index contributed by atoms with van der Waals surface area (Å²) in [4.78, 5) is 33.2. The van der Waals surface area contributed by atoms with Gasteiger partial charge in [-0.25, -0.2) is 4.79 Å². The van der Waals surface area contributed by atoms with Crippen molar-refractivity contribution in [3.05, 3.63) is 69.0 Å². The number of rotatable bonds is 5. The number of carbonyl (C=O) groups excluding carboxylic acids is 2. The van der Waals surface area contributed by atoms with Gasteiger partial charge in [-0.1, -0.05) is 0 Å². The maximum absolute atomic E-state index is 13.2. The molecule has 31 heavy (non-hydrogen) atoms. The first-order valence-corrected chi connectivity index (χ1v) is 7.89. The van der Waals surface area contributed by atoms with Crippen molar-refractivity contribution in [2.45, 2.75) is 12.4 Å². The van der Waals surface area contributed by atoms with Crippen LogP contribution in [0.3, 0.4) is 0 Å². The molecule has 0 bridgehead atoms. The third-order valence-electron chi connectivity index (χ3n) is 3.58. The number of amides is 1.